The number of aryl methyl sites for hydroxylation is 1. The second-order valence-corrected chi connectivity index (χ2v) is 7.84. The van der Waals surface area contributed by atoms with Crippen LogP contribution in [0.25, 0.3) is 22.3 Å². The average Bonchev–Trinajstić information content (AvgIpc) is 3.09. The first kappa shape index (κ1) is 18.9. The molecule has 3 N–H and O–H groups in total. The van der Waals surface area contributed by atoms with E-state index in [-0.39, 0.29) is 48.6 Å². The SMILES string of the molecule is CC[C@@]1(O)C(=O)OCc2c1cc1n(c2=O)Cc2c-1nc1cc(C)c(F)cc1c2CN. The van der Waals surface area contributed by atoms with E-state index in [1.807, 2.05) is 0 Å². The lowest BCUT2D eigenvalue weighted by atomic mass is 9.86. The van der Waals surface area contributed by atoms with Gasteiger partial charge in [0.15, 0.2) is 5.60 Å². The van der Waals surface area contributed by atoms with Gasteiger partial charge in [-0.3, -0.25) is 4.79 Å². The highest BCUT2D eigenvalue weighted by Gasteiger charge is 2.45. The highest BCUT2D eigenvalue weighted by atomic mass is 19.1. The molecule has 30 heavy (non-hydrogen) atoms. The largest absolute Gasteiger partial charge is 0.458 e. The number of pyridine rings is 2. The zero-order chi connectivity index (χ0) is 21.4. The first-order valence-electron chi connectivity index (χ1n) is 9.79. The van der Waals surface area contributed by atoms with Crippen LogP contribution in [-0.2, 0) is 34.8 Å². The van der Waals surface area contributed by atoms with Crippen LogP contribution in [0.4, 0.5) is 4.39 Å². The molecule has 0 saturated carbocycles. The minimum Gasteiger partial charge on any atom is -0.458 e. The van der Waals surface area contributed by atoms with Gasteiger partial charge >= 0.3 is 5.97 Å². The lowest BCUT2D eigenvalue weighted by molar-refractivity contribution is -0.172. The number of aliphatic hydroxyl groups is 1. The van der Waals surface area contributed by atoms with Gasteiger partial charge in [0, 0.05) is 23.1 Å². The number of carbonyl (C=O) groups excluding carboxylic acids is 1. The molecule has 0 aliphatic carbocycles. The molecule has 154 valence electrons. The van der Waals surface area contributed by atoms with Crippen molar-refractivity contribution in [2.75, 3.05) is 0 Å². The third-order valence-corrected chi connectivity index (χ3v) is 6.29. The van der Waals surface area contributed by atoms with Crippen molar-refractivity contribution < 1.29 is 19.0 Å². The number of halogens is 1. The van der Waals surface area contributed by atoms with E-state index in [0.717, 1.165) is 11.1 Å². The van der Waals surface area contributed by atoms with Crippen LogP contribution in [0.3, 0.4) is 0 Å². The van der Waals surface area contributed by atoms with Crippen molar-refractivity contribution in [2.45, 2.75) is 45.6 Å². The fourth-order valence-corrected chi connectivity index (χ4v) is 4.52. The molecule has 5 rings (SSSR count). The van der Waals surface area contributed by atoms with Crippen LogP contribution in [0.2, 0.25) is 0 Å². The number of fused-ring (bicyclic) bond motifs is 5. The van der Waals surface area contributed by atoms with E-state index in [9.17, 15) is 19.1 Å². The molecule has 3 aromatic rings. The quantitative estimate of drug-likeness (QED) is 0.490. The van der Waals surface area contributed by atoms with Crippen molar-refractivity contribution in [1.82, 2.24) is 9.55 Å². The summed E-state index contributed by atoms with van der Waals surface area (Å²) < 4.78 is 20.8. The fourth-order valence-electron chi connectivity index (χ4n) is 4.52. The molecule has 1 aromatic carbocycles. The Morgan fingerprint density at radius 1 is 1.30 bits per heavy atom. The molecule has 1 atom stereocenters. The van der Waals surface area contributed by atoms with Gasteiger partial charge in [-0.2, -0.15) is 0 Å². The predicted molar refractivity (Wildman–Crippen MR) is 107 cm³/mol. The predicted octanol–water partition coefficient (Wildman–Crippen LogP) is 1.99. The van der Waals surface area contributed by atoms with Crippen molar-refractivity contribution in [3.05, 3.63) is 62.2 Å². The number of ether oxygens (including phenoxy) is 1. The number of carbonyl (C=O) groups is 1. The van der Waals surface area contributed by atoms with Crippen molar-refractivity contribution in [3.8, 4) is 11.4 Å². The molecular formula is C22H20FN3O4. The highest BCUT2D eigenvalue weighted by molar-refractivity contribution is 5.89. The molecule has 0 spiro atoms. The summed E-state index contributed by atoms with van der Waals surface area (Å²) in [6.45, 7) is 3.53. The number of hydrogen-bond donors (Lipinski definition) is 2. The van der Waals surface area contributed by atoms with E-state index >= 15 is 0 Å². The van der Waals surface area contributed by atoms with E-state index in [2.05, 4.69) is 0 Å². The smallest absolute Gasteiger partial charge is 0.343 e. The summed E-state index contributed by atoms with van der Waals surface area (Å²) >= 11 is 0. The summed E-state index contributed by atoms with van der Waals surface area (Å²) in [5, 5.41) is 11.6. The molecule has 0 saturated heterocycles. The van der Waals surface area contributed by atoms with E-state index in [4.69, 9.17) is 15.5 Å². The van der Waals surface area contributed by atoms with Crippen LogP contribution in [0.1, 0.15) is 41.2 Å². The lowest BCUT2D eigenvalue weighted by Crippen LogP contribution is -2.44. The lowest BCUT2D eigenvalue weighted by Gasteiger charge is -2.31. The van der Waals surface area contributed by atoms with Crippen molar-refractivity contribution in [1.29, 1.82) is 0 Å². The summed E-state index contributed by atoms with van der Waals surface area (Å²) in [6, 6.07) is 4.74. The normalized spacial score (nSPS) is 19.4. The summed E-state index contributed by atoms with van der Waals surface area (Å²) in [6.07, 6.45) is 0.0756. The maximum absolute atomic E-state index is 14.2. The summed E-state index contributed by atoms with van der Waals surface area (Å²) in [7, 11) is 0. The third-order valence-electron chi connectivity index (χ3n) is 6.29. The minimum absolute atomic E-state index is 0.0756. The number of esters is 1. The van der Waals surface area contributed by atoms with Gasteiger partial charge in [-0.25, -0.2) is 14.2 Å². The molecule has 7 nitrogen and oxygen atoms in total. The summed E-state index contributed by atoms with van der Waals surface area (Å²) in [5.41, 5.74) is 7.91. The van der Waals surface area contributed by atoms with Gasteiger partial charge in [-0.15, -0.1) is 0 Å². The monoisotopic (exact) mass is 409 g/mol. The molecule has 0 radical (unpaired) electrons. The molecule has 2 aromatic heterocycles. The standard InChI is InChI=1S/C22H20FN3O4/c1-3-22(29)15-6-18-19-13(8-26(18)20(27)14(15)9-30-21(22)28)12(7-24)11-5-16(23)10(2)4-17(11)25-19/h4-6,29H,3,7-9,24H2,1-2H3/t22-/m0/s1. The number of nitrogens with zero attached hydrogens (tertiary/aromatic N) is 2. The van der Waals surface area contributed by atoms with E-state index in [0.29, 0.717) is 27.9 Å². The van der Waals surface area contributed by atoms with Crippen LogP contribution in [0.15, 0.2) is 23.0 Å². The Bertz CT molecular complexity index is 1330. The Hall–Kier alpha value is -3.10. The molecule has 0 fully saturated rings. The Balaban J connectivity index is 1.84. The summed E-state index contributed by atoms with van der Waals surface area (Å²) in [5.74, 6) is -1.11. The van der Waals surface area contributed by atoms with Crippen LogP contribution in [-0.4, -0.2) is 20.6 Å². The van der Waals surface area contributed by atoms with Crippen LogP contribution >= 0.6 is 0 Å². The first-order chi connectivity index (χ1) is 14.3. The molecule has 4 heterocycles. The van der Waals surface area contributed by atoms with Gasteiger partial charge in [0.05, 0.1) is 29.0 Å². The van der Waals surface area contributed by atoms with Gasteiger partial charge in [0.1, 0.15) is 12.4 Å². The van der Waals surface area contributed by atoms with Crippen LogP contribution < -0.4 is 11.3 Å². The van der Waals surface area contributed by atoms with Gasteiger partial charge in [0.2, 0.25) is 0 Å². The molecular weight excluding hydrogens is 389 g/mol. The molecule has 0 amide bonds. The minimum atomic E-state index is -1.88. The van der Waals surface area contributed by atoms with Crippen LogP contribution in [0.5, 0.6) is 0 Å². The number of benzene rings is 1. The number of hydrogen-bond acceptors (Lipinski definition) is 6. The highest BCUT2D eigenvalue weighted by Crippen LogP contribution is 2.40. The molecule has 2 aliphatic rings. The van der Waals surface area contributed by atoms with E-state index in [1.54, 1.807) is 30.5 Å². The van der Waals surface area contributed by atoms with Gasteiger partial charge < -0.3 is 20.1 Å². The molecule has 0 bridgehead atoms. The Morgan fingerprint density at radius 2 is 2.07 bits per heavy atom. The van der Waals surface area contributed by atoms with Gasteiger partial charge in [-0.1, -0.05) is 6.92 Å². The summed E-state index contributed by atoms with van der Waals surface area (Å²) in [4.78, 5) is 30.2. The zero-order valence-corrected chi connectivity index (χ0v) is 16.6. The number of aromatic nitrogens is 2. The third kappa shape index (κ3) is 2.28. The second-order valence-electron chi connectivity index (χ2n) is 7.84. The number of cyclic esters (lactones) is 1. The first-order valence-corrected chi connectivity index (χ1v) is 9.79. The number of rotatable bonds is 2. The topological polar surface area (TPSA) is 107 Å². The Kier molecular flexibility index (Phi) is 3.90. The van der Waals surface area contributed by atoms with Crippen molar-refractivity contribution in [3.63, 3.8) is 0 Å². The second kappa shape index (κ2) is 6.20. The zero-order valence-electron chi connectivity index (χ0n) is 16.6. The van der Waals surface area contributed by atoms with E-state index in [1.165, 1.54) is 6.07 Å². The molecule has 0 unspecified atom stereocenters. The Morgan fingerprint density at radius 3 is 2.77 bits per heavy atom. The maximum Gasteiger partial charge on any atom is 0.343 e. The van der Waals surface area contributed by atoms with Crippen LogP contribution in [0, 0.1) is 12.7 Å². The Labute approximate surface area is 170 Å². The molecule has 8 heteroatoms. The maximum atomic E-state index is 14.2. The van der Waals surface area contributed by atoms with Crippen molar-refractivity contribution >= 4 is 16.9 Å². The average molecular weight is 409 g/mol. The number of nitrogens with two attached hydrogens (primary N) is 1. The van der Waals surface area contributed by atoms with Gasteiger partial charge in [-0.05, 0) is 42.7 Å². The van der Waals surface area contributed by atoms with Gasteiger partial charge in [0.25, 0.3) is 5.56 Å². The van der Waals surface area contributed by atoms with E-state index < -0.39 is 11.6 Å². The fraction of sp³-hybridized carbons (Fsp3) is 0.318. The van der Waals surface area contributed by atoms with Crippen molar-refractivity contribution in [2.24, 2.45) is 5.73 Å². The molecule has 2 aliphatic heterocycles.